The second-order valence-corrected chi connectivity index (χ2v) is 1.98. The summed E-state index contributed by atoms with van der Waals surface area (Å²) in [4.78, 5) is 10.7. The van der Waals surface area contributed by atoms with Gasteiger partial charge in [0.1, 0.15) is 5.76 Å². The van der Waals surface area contributed by atoms with Crippen LogP contribution in [0.5, 0.6) is 0 Å². The Morgan fingerprint density at radius 2 is 1.85 bits per heavy atom. The molecule has 1 rings (SSSR count). The number of rotatable bonds is 2. The van der Waals surface area contributed by atoms with Gasteiger partial charge in [-0.2, -0.15) is 0 Å². The zero-order valence-electron chi connectivity index (χ0n) is 8.04. The molecule has 0 aliphatic heterocycles. The van der Waals surface area contributed by atoms with E-state index in [0.717, 1.165) is 5.56 Å². The van der Waals surface area contributed by atoms with E-state index in [1.807, 2.05) is 13.8 Å². The summed E-state index contributed by atoms with van der Waals surface area (Å²) in [5, 5.41) is 0. The molecule has 2 heteroatoms. The van der Waals surface area contributed by atoms with E-state index in [9.17, 15) is 4.79 Å². The Hall–Kier alpha value is -1.57. The highest BCUT2D eigenvalue weighted by Crippen LogP contribution is 2.07. The zero-order valence-corrected chi connectivity index (χ0v) is 8.04. The van der Waals surface area contributed by atoms with Crippen molar-refractivity contribution in [2.75, 3.05) is 0 Å². The zero-order chi connectivity index (χ0) is 10.3. The maximum Gasteiger partial charge on any atom is 0.336 e. The molecule has 0 N–H and O–H groups in total. The molecule has 1 aromatic heterocycles. The van der Waals surface area contributed by atoms with Gasteiger partial charge in [0.05, 0.1) is 0 Å². The minimum absolute atomic E-state index is 0.370. The van der Waals surface area contributed by atoms with Crippen LogP contribution >= 0.6 is 0 Å². The Labute approximate surface area is 78.2 Å². The van der Waals surface area contributed by atoms with Gasteiger partial charge in [0, 0.05) is 11.6 Å². The van der Waals surface area contributed by atoms with E-state index in [1.54, 1.807) is 12.1 Å². The highest BCUT2D eigenvalue weighted by atomic mass is 16.4. The van der Waals surface area contributed by atoms with Crippen LogP contribution in [0.4, 0.5) is 0 Å². The summed E-state index contributed by atoms with van der Waals surface area (Å²) in [5.41, 5.74) is 0.408. The van der Waals surface area contributed by atoms with Crippen LogP contribution in [0, 0.1) is 0 Å². The first-order chi connectivity index (χ1) is 6.27. The minimum atomic E-state index is -0.370. The van der Waals surface area contributed by atoms with Crippen LogP contribution in [0.15, 0.2) is 34.5 Å². The lowest BCUT2D eigenvalue weighted by Gasteiger charge is -1.95. The SMILES string of the molecule is C=Cc1ccc(=O)oc1C=C.CC. The van der Waals surface area contributed by atoms with Gasteiger partial charge in [-0.15, -0.1) is 0 Å². The maximum absolute atomic E-state index is 10.7. The summed E-state index contributed by atoms with van der Waals surface area (Å²) in [5.74, 6) is 0.465. The Morgan fingerprint density at radius 3 is 2.31 bits per heavy atom. The van der Waals surface area contributed by atoms with Gasteiger partial charge in [-0.3, -0.25) is 0 Å². The fourth-order valence-corrected chi connectivity index (χ4v) is 0.769. The quantitative estimate of drug-likeness (QED) is 0.697. The molecule has 0 aliphatic rings. The fourth-order valence-electron chi connectivity index (χ4n) is 0.769. The Bertz CT molecular complexity index is 334. The van der Waals surface area contributed by atoms with Crippen molar-refractivity contribution in [3.8, 4) is 0 Å². The van der Waals surface area contributed by atoms with Gasteiger partial charge in [0.15, 0.2) is 0 Å². The summed E-state index contributed by atoms with van der Waals surface area (Å²) >= 11 is 0. The molecule has 0 saturated heterocycles. The van der Waals surface area contributed by atoms with Gasteiger partial charge in [0.2, 0.25) is 0 Å². The average Bonchev–Trinajstić information content (AvgIpc) is 2.20. The van der Waals surface area contributed by atoms with Gasteiger partial charge in [-0.05, 0) is 12.1 Å². The number of hydrogen-bond donors (Lipinski definition) is 0. The highest BCUT2D eigenvalue weighted by Gasteiger charge is 1.96. The predicted octanol–water partition coefficient (Wildman–Crippen LogP) is 2.95. The molecular weight excluding hydrogens is 164 g/mol. The normalized spacial score (nSPS) is 8.15. The van der Waals surface area contributed by atoms with Crippen LogP contribution in [0.25, 0.3) is 12.2 Å². The predicted molar refractivity (Wildman–Crippen MR) is 56.5 cm³/mol. The highest BCUT2D eigenvalue weighted by molar-refractivity contribution is 5.58. The molecule has 70 valence electrons. The van der Waals surface area contributed by atoms with Gasteiger partial charge in [-0.25, -0.2) is 4.79 Å². The third kappa shape index (κ3) is 3.11. The summed E-state index contributed by atoms with van der Waals surface area (Å²) in [6.45, 7) is 11.1. The molecule has 0 atom stereocenters. The standard InChI is InChI=1S/C9H8O2.C2H6/c1-3-7-5-6-9(10)11-8(7)4-2;1-2/h3-6H,1-2H2;1-2H3. The second-order valence-electron chi connectivity index (χ2n) is 1.98. The lowest BCUT2D eigenvalue weighted by molar-refractivity contribution is 0.500. The minimum Gasteiger partial charge on any atom is -0.423 e. The lowest BCUT2D eigenvalue weighted by Crippen LogP contribution is -1.97. The van der Waals surface area contributed by atoms with Crippen molar-refractivity contribution in [2.24, 2.45) is 0 Å². The summed E-state index contributed by atoms with van der Waals surface area (Å²) in [6, 6.07) is 3.00. The van der Waals surface area contributed by atoms with E-state index in [4.69, 9.17) is 4.42 Å². The average molecular weight is 178 g/mol. The number of hydrogen-bond acceptors (Lipinski definition) is 2. The van der Waals surface area contributed by atoms with Gasteiger partial charge in [-0.1, -0.05) is 33.1 Å². The summed E-state index contributed by atoms with van der Waals surface area (Å²) in [7, 11) is 0. The maximum atomic E-state index is 10.7. The van der Waals surface area contributed by atoms with Gasteiger partial charge in [0.25, 0.3) is 0 Å². The van der Waals surface area contributed by atoms with Crippen LogP contribution in [-0.4, -0.2) is 0 Å². The van der Waals surface area contributed by atoms with Crippen LogP contribution < -0.4 is 5.63 Å². The smallest absolute Gasteiger partial charge is 0.336 e. The lowest BCUT2D eigenvalue weighted by atomic mass is 10.2. The molecule has 2 nitrogen and oxygen atoms in total. The van der Waals surface area contributed by atoms with Crippen molar-refractivity contribution >= 4 is 12.2 Å². The second kappa shape index (κ2) is 6.00. The van der Waals surface area contributed by atoms with Crippen molar-refractivity contribution in [1.82, 2.24) is 0 Å². The molecular formula is C11H14O2. The van der Waals surface area contributed by atoms with E-state index in [-0.39, 0.29) is 5.63 Å². The molecule has 0 bridgehead atoms. The van der Waals surface area contributed by atoms with Crippen LogP contribution in [0.2, 0.25) is 0 Å². The molecule has 13 heavy (non-hydrogen) atoms. The fraction of sp³-hybridized carbons (Fsp3) is 0.182. The van der Waals surface area contributed by atoms with Gasteiger partial charge >= 0.3 is 5.63 Å². The van der Waals surface area contributed by atoms with E-state index in [0.29, 0.717) is 5.76 Å². The third-order valence-corrected chi connectivity index (χ3v) is 1.30. The molecule has 0 radical (unpaired) electrons. The molecule has 0 amide bonds. The molecule has 0 aliphatic carbocycles. The van der Waals surface area contributed by atoms with Crippen LogP contribution in [0.3, 0.4) is 0 Å². The van der Waals surface area contributed by atoms with E-state index in [1.165, 1.54) is 12.1 Å². The van der Waals surface area contributed by atoms with E-state index in [2.05, 4.69) is 13.2 Å². The summed E-state index contributed by atoms with van der Waals surface area (Å²) < 4.78 is 4.80. The molecule has 0 fully saturated rings. The molecule has 1 heterocycles. The Morgan fingerprint density at radius 1 is 1.23 bits per heavy atom. The Balaban J connectivity index is 0.000000671. The van der Waals surface area contributed by atoms with Crippen molar-refractivity contribution in [1.29, 1.82) is 0 Å². The van der Waals surface area contributed by atoms with Crippen LogP contribution in [0.1, 0.15) is 25.2 Å². The molecule has 0 aromatic carbocycles. The van der Waals surface area contributed by atoms with Crippen molar-refractivity contribution in [3.63, 3.8) is 0 Å². The van der Waals surface area contributed by atoms with Crippen LogP contribution in [-0.2, 0) is 0 Å². The first-order valence-electron chi connectivity index (χ1n) is 4.17. The molecule has 0 saturated carbocycles. The molecule has 1 aromatic rings. The summed E-state index contributed by atoms with van der Waals surface area (Å²) in [6.07, 6.45) is 3.10. The largest absolute Gasteiger partial charge is 0.423 e. The van der Waals surface area contributed by atoms with Crippen molar-refractivity contribution in [3.05, 3.63) is 47.0 Å². The third-order valence-electron chi connectivity index (χ3n) is 1.30. The van der Waals surface area contributed by atoms with E-state index < -0.39 is 0 Å². The van der Waals surface area contributed by atoms with Crippen molar-refractivity contribution < 1.29 is 4.42 Å². The van der Waals surface area contributed by atoms with Gasteiger partial charge < -0.3 is 4.42 Å². The Kier molecular flexibility index (Phi) is 5.28. The first-order valence-corrected chi connectivity index (χ1v) is 4.17. The topological polar surface area (TPSA) is 30.2 Å². The van der Waals surface area contributed by atoms with E-state index >= 15 is 0 Å². The monoisotopic (exact) mass is 178 g/mol. The first kappa shape index (κ1) is 11.4. The van der Waals surface area contributed by atoms with Crippen molar-refractivity contribution in [2.45, 2.75) is 13.8 Å². The molecule has 0 spiro atoms. The molecule has 0 unspecified atom stereocenters.